The summed E-state index contributed by atoms with van der Waals surface area (Å²) in [6, 6.07) is 3.74. The fraction of sp³-hybridized carbons (Fsp3) is 0.200. The summed E-state index contributed by atoms with van der Waals surface area (Å²) in [6.07, 6.45) is 2.86. The Morgan fingerprint density at radius 1 is 1.60 bits per heavy atom. The van der Waals surface area contributed by atoms with Crippen molar-refractivity contribution in [2.45, 2.75) is 13.5 Å². The Bertz CT molecular complexity index is 448. The Hall–Kier alpha value is -1.62. The second kappa shape index (κ2) is 4.27. The van der Waals surface area contributed by atoms with E-state index in [9.17, 15) is 4.79 Å². The largest absolute Gasteiger partial charge is 0.451 e. The van der Waals surface area contributed by atoms with E-state index in [1.54, 1.807) is 0 Å². The zero-order valence-corrected chi connectivity index (χ0v) is 9.00. The van der Waals surface area contributed by atoms with E-state index in [1.165, 1.54) is 24.0 Å². The lowest BCUT2D eigenvalue weighted by atomic mass is 10.4. The Morgan fingerprint density at radius 3 is 3.07 bits per heavy atom. The van der Waals surface area contributed by atoms with Crippen molar-refractivity contribution in [2.75, 3.05) is 0 Å². The molecule has 78 valence electrons. The van der Waals surface area contributed by atoms with E-state index in [2.05, 4.69) is 10.3 Å². The van der Waals surface area contributed by atoms with Crippen LogP contribution >= 0.6 is 11.3 Å². The molecule has 0 aromatic carbocycles. The zero-order valence-electron chi connectivity index (χ0n) is 8.19. The molecule has 2 aromatic heterocycles. The van der Waals surface area contributed by atoms with E-state index < -0.39 is 0 Å². The van der Waals surface area contributed by atoms with Crippen LogP contribution in [0.15, 0.2) is 29.2 Å². The molecule has 0 aliphatic carbocycles. The van der Waals surface area contributed by atoms with Gasteiger partial charge in [-0.05, 0) is 19.1 Å². The minimum Gasteiger partial charge on any atom is -0.451 e. The lowest BCUT2D eigenvalue weighted by Gasteiger charge is -1.99. The first-order chi connectivity index (χ1) is 7.25. The molecule has 1 amide bonds. The maximum absolute atomic E-state index is 11.6. The lowest BCUT2D eigenvalue weighted by molar-refractivity contribution is 0.0954. The van der Waals surface area contributed by atoms with Gasteiger partial charge in [-0.2, -0.15) is 0 Å². The predicted octanol–water partition coefficient (Wildman–Crippen LogP) is 1.97. The van der Waals surface area contributed by atoms with Gasteiger partial charge in [0, 0.05) is 4.88 Å². The summed E-state index contributed by atoms with van der Waals surface area (Å²) in [7, 11) is 0. The molecule has 2 rings (SSSR count). The van der Waals surface area contributed by atoms with Crippen molar-refractivity contribution in [1.82, 2.24) is 10.3 Å². The van der Waals surface area contributed by atoms with E-state index in [0.29, 0.717) is 6.54 Å². The first kappa shape index (κ1) is 9.92. The average molecular weight is 222 g/mol. The number of nitrogens with zero attached hydrogens (tertiary/aromatic N) is 1. The molecule has 4 nitrogen and oxygen atoms in total. The van der Waals surface area contributed by atoms with Gasteiger partial charge < -0.3 is 9.73 Å². The predicted molar refractivity (Wildman–Crippen MR) is 56.7 cm³/mol. The van der Waals surface area contributed by atoms with Gasteiger partial charge in [0.1, 0.15) is 6.26 Å². The molecule has 2 heterocycles. The molecule has 0 spiro atoms. The van der Waals surface area contributed by atoms with Crippen LogP contribution in [0.2, 0.25) is 0 Å². The molecule has 0 atom stereocenters. The summed E-state index contributed by atoms with van der Waals surface area (Å²) < 4.78 is 4.80. The third-order valence-electron chi connectivity index (χ3n) is 1.88. The third-order valence-corrected chi connectivity index (χ3v) is 2.88. The van der Waals surface area contributed by atoms with Crippen LogP contribution in [0.1, 0.15) is 20.2 Å². The molecule has 0 aliphatic rings. The van der Waals surface area contributed by atoms with Gasteiger partial charge in [0.25, 0.3) is 5.91 Å². The smallest absolute Gasteiger partial charge is 0.261 e. The van der Waals surface area contributed by atoms with Crippen molar-refractivity contribution in [3.05, 3.63) is 40.2 Å². The number of carbonyl (C=O) groups excluding carboxylic acids is 1. The molecule has 0 fully saturated rings. The molecule has 15 heavy (non-hydrogen) atoms. The normalized spacial score (nSPS) is 10.2. The summed E-state index contributed by atoms with van der Waals surface area (Å²) in [6.45, 7) is 2.37. The van der Waals surface area contributed by atoms with Crippen LogP contribution in [0, 0.1) is 6.92 Å². The number of hydrogen-bond acceptors (Lipinski definition) is 4. The Labute approximate surface area is 90.9 Å². The highest BCUT2D eigenvalue weighted by atomic mass is 32.1. The van der Waals surface area contributed by atoms with Crippen LogP contribution < -0.4 is 5.32 Å². The molecule has 2 aromatic rings. The van der Waals surface area contributed by atoms with E-state index in [-0.39, 0.29) is 5.91 Å². The van der Waals surface area contributed by atoms with Gasteiger partial charge in [-0.3, -0.25) is 4.79 Å². The van der Waals surface area contributed by atoms with Crippen LogP contribution in [-0.4, -0.2) is 10.9 Å². The standard InChI is InChI=1S/C10H10N2O2S/c1-7-2-3-9(15-7)10(13)11-4-8-5-14-6-12-8/h2-3,5-6H,4H2,1H3,(H,11,13). The Balaban J connectivity index is 1.93. The third kappa shape index (κ3) is 2.44. The summed E-state index contributed by atoms with van der Waals surface area (Å²) in [4.78, 5) is 17.3. The maximum Gasteiger partial charge on any atom is 0.261 e. The minimum atomic E-state index is -0.0731. The molecular formula is C10H10N2O2S. The van der Waals surface area contributed by atoms with Crippen molar-refractivity contribution >= 4 is 17.2 Å². The number of aromatic nitrogens is 1. The molecule has 0 unspecified atom stereocenters. The lowest BCUT2D eigenvalue weighted by Crippen LogP contribution is -2.21. The highest BCUT2D eigenvalue weighted by Gasteiger charge is 2.07. The number of thiophene rings is 1. The quantitative estimate of drug-likeness (QED) is 0.863. The van der Waals surface area contributed by atoms with Crippen molar-refractivity contribution in [3.8, 4) is 0 Å². The molecule has 0 bridgehead atoms. The van der Waals surface area contributed by atoms with Crippen molar-refractivity contribution in [1.29, 1.82) is 0 Å². The fourth-order valence-electron chi connectivity index (χ4n) is 1.14. The van der Waals surface area contributed by atoms with Gasteiger partial charge in [-0.1, -0.05) is 0 Å². The number of nitrogens with one attached hydrogen (secondary N) is 1. The fourth-order valence-corrected chi connectivity index (χ4v) is 1.92. The number of rotatable bonds is 3. The van der Waals surface area contributed by atoms with E-state index in [1.807, 2.05) is 19.1 Å². The van der Waals surface area contributed by atoms with Crippen LogP contribution in [0.5, 0.6) is 0 Å². The topological polar surface area (TPSA) is 55.1 Å². The molecule has 5 heteroatoms. The number of amides is 1. The minimum absolute atomic E-state index is 0.0731. The summed E-state index contributed by atoms with van der Waals surface area (Å²) in [5, 5.41) is 2.76. The van der Waals surface area contributed by atoms with Crippen LogP contribution in [0.25, 0.3) is 0 Å². The molecule has 1 N–H and O–H groups in total. The van der Waals surface area contributed by atoms with Crippen molar-refractivity contribution in [3.63, 3.8) is 0 Å². The van der Waals surface area contributed by atoms with Crippen LogP contribution in [-0.2, 0) is 6.54 Å². The molecule has 0 saturated carbocycles. The van der Waals surface area contributed by atoms with E-state index in [4.69, 9.17) is 4.42 Å². The van der Waals surface area contributed by atoms with Gasteiger partial charge in [0.15, 0.2) is 6.39 Å². The van der Waals surface area contributed by atoms with E-state index >= 15 is 0 Å². The number of carbonyl (C=O) groups is 1. The van der Waals surface area contributed by atoms with E-state index in [0.717, 1.165) is 15.4 Å². The number of aryl methyl sites for hydroxylation is 1. The highest BCUT2D eigenvalue weighted by Crippen LogP contribution is 2.14. The maximum atomic E-state index is 11.6. The summed E-state index contributed by atoms with van der Waals surface area (Å²) in [5.41, 5.74) is 0.719. The van der Waals surface area contributed by atoms with Crippen LogP contribution in [0.4, 0.5) is 0 Å². The second-order valence-electron chi connectivity index (χ2n) is 3.07. The van der Waals surface area contributed by atoms with Gasteiger partial charge in [-0.25, -0.2) is 4.98 Å². The Kier molecular flexibility index (Phi) is 2.82. The SMILES string of the molecule is Cc1ccc(C(=O)NCc2cocn2)s1. The van der Waals surface area contributed by atoms with Crippen molar-refractivity contribution in [2.24, 2.45) is 0 Å². The van der Waals surface area contributed by atoms with Gasteiger partial charge in [0.2, 0.25) is 0 Å². The van der Waals surface area contributed by atoms with Gasteiger partial charge >= 0.3 is 0 Å². The Morgan fingerprint density at radius 2 is 2.47 bits per heavy atom. The number of hydrogen-bond donors (Lipinski definition) is 1. The zero-order chi connectivity index (χ0) is 10.7. The first-order valence-corrected chi connectivity index (χ1v) is 5.29. The monoisotopic (exact) mass is 222 g/mol. The molecule has 0 aliphatic heterocycles. The first-order valence-electron chi connectivity index (χ1n) is 4.47. The average Bonchev–Trinajstić information content (AvgIpc) is 2.84. The molecule has 0 saturated heterocycles. The summed E-state index contributed by atoms with van der Waals surface area (Å²) >= 11 is 1.48. The molecular weight excluding hydrogens is 212 g/mol. The summed E-state index contributed by atoms with van der Waals surface area (Å²) in [5.74, 6) is -0.0731. The van der Waals surface area contributed by atoms with Gasteiger partial charge in [-0.15, -0.1) is 11.3 Å². The van der Waals surface area contributed by atoms with Crippen molar-refractivity contribution < 1.29 is 9.21 Å². The van der Waals surface area contributed by atoms with Gasteiger partial charge in [0.05, 0.1) is 17.1 Å². The number of oxazole rings is 1. The highest BCUT2D eigenvalue weighted by molar-refractivity contribution is 7.13. The second-order valence-corrected chi connectivity index (χ2v) is 4.36. The molecule has 0 radical (unpaired) electrons. The van der Waals surface area contributed by atoms with Crippen LogP contribution in [0.3, 0.4) is 0 Å².